The first-order valence-electron chi connectivity index (χ1n) is 7.26. The smallest absolute Gasteiger partial charge is 0.266 e. The molecule has 0 aliphatic heterocycles. The lowest BCUT2D eigenvalue weighted by Gasteiger charge is -2.20. The molecule has 0 saturated carbocycles. The van der Waals surface area contributed by atoms with Crippen LogP contribution in [0.2, 0.25) is 0 Å². The Balaban J connectivity index is 1.96. The molecule has 1 atom stereocenters. The Hall–Kier alpha value is -1.88. The minimum atomic E-state index is -0.579. The van der Waals surface area contributed by atoms with Crippen LogP contribution < -0.4 is 10.1 Å². The van der Waals surface area contributed by atoms with Crippen LogP contribution in [0.4, 0.5) is 5.13 Å². The van der Waals surface area contributed by atoms with E-state index in [1.807, 2.05) is 36.6 Å². The van der Waals surface area contributed by atoms with Crippen molar-refractivity contribution >= 4 is 22.4 Å². The number of nitrogens with zero attached hydrogens (tertiary/aromatic N) is 1. The van der Waals surface area contributed by atoms with Gasteiger partial charge in [0.05, 0.1) is 5.69 Å². The van der Waals surface area contributed by atoms with Crippen LogP contribution in [0, 0.1) is 6.92 Å². The standard InChI is InChI=1S/C17H22N2O2S/c1-11-10-22-16(18-11)19-15(20)12(2)21-14-8-6-13(7-9-14)17(3,4)5/h6-10,12H,1-5H3,(H,18,19,20)/t12-/m0/s1. The molecule has 1 aromatic carbocycles. The van der Waals surface area contributed by atoms with E-state index in [0.717, 1.165) is 5.69 Å². The lowest BCUT2D eigenvalue weighted by atomic mass is 9.87. The SMILES string of the molecule is Cc1csc(NC(=O)[C@H](C)Oc2ccc(C(C)(C)C)cc2)n1. The van der Waals surface area contributed by atoms with Crippen LogP contribution in [0.15, 0.2) is 29.6 Å². The number of carbonyl (C=O) groups excluding carboxylic acids is 1. The van der Waals surface area contributed by atoms with Gasteiger partial charge >= 0.3 is 0 Å². The molecule has 1 N–H and O–H groups in total. The van der Waals surface area contributed by atoms with Gasteiger partial charge in [-0.2, -0.15) is 0 Å². The number of amides is 1. The topological polar surface area (TPSA) is 51.2 Å². The molecule has 0 saturated heterocycles. The number of aromatic nitrogens is 1. The maximum atomic E-state index is 12.1. The van der Waals surface area contributed by atoms with Gasteiger partial charge in [-0.3, -0.25) is 10.1 Å². The first-order chi connectivity index (χ1) is 10.3. The van der Waals surface area contributed by atoms with Gasteiger partial charge in [-0.15, -0.1) is 11.3 Å². The first kappa shape index (κ1) is 16.5. The summed E-state index contributed by atoms with van der Waals surface area (Å²) >= 11 is 1.41. The highest BCUT2D eigenvalue weighted by Crippen LogP contribution is 2.24. The molecule has 1 amide bonds. The van der Waals surface area contributed by atoms with E-state index in [9.17, 15) is 4.79 Å². The zero-order valence-electron chi connectivity index (χ0n) is 13.6. The van der Waals surface area contributed by atoms with Crippen molar-refractivity contribution < 1.29 is 9.53 Å². The molecule has 5 heteroatoms. The molecule has 118 valence electrons. The fourth-order valence-electron chi connectivity index (χ4n) is 1.91. The summed E-state index contributed by atoms with van der Waals surface area (Å²) in [7, 11) is 0. The lowest BCUT2D eigenvalue weighted by molar-refractivity contribution is -0.122. The van der Waals surface area contributed by atoms with E-state index in [1.165, 1.54) is 16.9 Å². The third-order valence-corrected chi connectivity index (χ3v) is 4.13. The third-order valence-electron chi connectivity index (χ3n) is 3.25. The van der Waals surface area contributed by atoms with Crippen molar-refractivity contribution in [3.63, 3.8) is 0 Å². The van der Waals surface area contributed by atoms with E-state index >= 15 is 0 Å². The van der Waals surface area contributed by atoms with E-state index in [1.54, 1.807) is 6.92 Å². The number of anilines is 1. The summed E-state index contributed by atoms with van der Waals surface area (Å²) < 4.78 is 5.69. The predicted molar refractivity (Wildman–Crippen MR) is 90.7 cm³/mol. The second-order valence-electron chi connectivity index (χ2n) is 6.32. The van der Waals surface area contributed by atoms with Crippen LogP contribution in [0.25, 0.3) is 0 Å². The molecule has 0 fully saturated rings. The minimum Gasteiger partial charge on any atom is -0.481 e. The van der Waals surface area contributed by atoms with Crippen LogP contribution in [0.5, 0.6) is 5.75 Å². The maximum Gasteiger partial charge on any atom is 0.266 e. The van der Waals surface area contributed by atoms with Gasteiger partial charge in [0.25, 0.3) is 5.91 Å². The Kier molecular flexibility index (Phi) is 4.86. The largest absolute Gasteiger partial charge is 0.481 e. The molecule has 1 aromatic heterocycles. The van der Waals surface area contributed by atoms with Gasteiger partial charge in [-0.25, -0.2) is 4.98 Å². The van der Waals surface area contributed by atoms with Crippen molar-refractivity contribution in [3.05, 3.63) is 40.9 Å². The van der Waals surface area contributed by atoms with Crippen LogP contribution in [0.3, 0.4) is 0 Å². The Bertz CT molecular complexity index is 641. The van der Waals surface area contributed by atoms with Gasteiger partial charge < -0.3 is 4.74 Å². The summed E-state index contributed by atoms with van der Waals surface area (Å²) in [5, 5.41) is 5.26. The van der Waals surface area contributed by atoms with Gasteiger partial charge in [0, 0.05) is 5.38 Å². The average molecular weight is 318 g/mol. The second-order valence-corrected chi connectivity index (χ2v) is 7.18. The molecule has 0 spiro atoms. The van der Waals surface area contributed by atoms with Gasteiger partial charge in [0.1, 0.15) is 5.75 Å². The van der Waals surface area contributed by atoms with Crippen LogP contribution in [-0.2, 0) is 10.2 Å². The number of aryl methyl sites for hydroxylation is 1. The number of ether oxygens (including phenoxy) is 1. The van der Waals surface area contributed by atoms with Gasteiger partial charge in [-0.1, -0.05) is 32.9 Å². The predicted octanol–water partition coefficient (Wildman–Crippen LogP) is 4.16. The van der Waals surface area contributed by atoms with E-state index in [2.05, 4.69) is 31.1 Å². The molecular weight excluding hydrogens is 296 g/mol. The van der Waals surface area contributed by atoms with Crippen molar-refractivity contribution in [1.82, 2.24) is 4.98 Å². The molecule has 2 rings (SSSR count). The summed E-state index contributed by atoms with van der Waals surface area (Å²) in [4.78, 5) is 16.3. The normalized spacial score (nSPS) is 12.8. The summed E-state index contributed by atoms with van der Waals surface area (Å²) in [6.45, 7) is 10.1. The van der Waals surface area contributed by atoms with E-state index in [0.29, 0.717) is 10.9 Å². The van der Waals surface area contributed by atoms with E-state index in [-0.39, 0.29) is 11.3 Å². The highest BCUT2D eigenvalue weighted by Gasteiger charge is 2.17. The molecule has 2 aromatic rings. The van der Waals surface area contributed by atoms with Crippen molar-refractivity contribution in [3.8, 4) is 5.75 Å². The Morgan fingerprint density at radius 1 is 1.27 bits per heavy atom. The summed E-state index contributed by atoms with van der Waals surface area (Å²) in [5.41, 5.74) is 2.23. The van der Waals surface area contributed by atoms with E-state index < -0.39 is 6.10 Å². The number of hydrogen-bond acceptors (Lipinski definition) is 4. The van der Waals surface area contributed by atoms with Crippen LogP contribution in [0.1, 0.15) is 39.0 Å². The monoisotopic (exact) mass is 318 g/mol. The van der Waals surface area contributed by atoms with Gasteiger partial charge in [-0.05, 0) is 37.0 Å². The Morgan fingerprint density at radius 3 is 2.41 bits per heavy atom. The average Bonchev–Trinajstić information content (AvgIpc) is 2.83. The van der Waals surface area contributed by atoms with Crippen LogP contribution >= 0.6 is 11.3 Å². The number of benzene rings is 1. The molecule has 0 aliphatic rings. The summed E-state index contributed by atoms with van der Waals surface area (Å²) in [6.07, 6.45) is -0.579. The first-order valence-corrected chi connectivity index (χ1v) is 8.14. The quantitative estimate of drug-likeness (QED) is 0.921. The fraction of sp³-hybridized carbons (Fsp3) is 0.412. The molecular formula is C17H22N2O2S. The lowest BCUT2D eigenvalue weighted by Crippen LogP contribution is -2.30. The molecule has 1 heterocycles. The third kappa shape index (κ3) is 4.31. The zero-order valence-corrected chi connectivity index (χ0v) is 14.5. The van der Waals surface area contributed by atoms with Crippen molar-refractivity contribution in [1.29, 1.82) is 0 Å². The number of rotatable bonds is 4. The van der Waals surface area contributed by atoms with Crippen LogP contribution in [-0.4, -0.2) is 17.0 Å². The van der Waals surface area contributed by atoms with Gasteiger partial charge in [0.15, 0.2) is 11.2 Å². The molecule has 0 radical (unpaired) electrons. The van der Waals surface area contributed by atoms with Crippen molar-refractivity contribution in [2.75, 3.05) is 5.32 Å². The molecule has 4 nitrogen and oxygen atoms in total. The molecule has 0 unspecified atom stereocenters. The van der Waals surface area contributed by atoms with Gasteiger partial charge in [0.2, 0.25) is 0 Å². The highest BCUT2D eigenvalue weighted by molar-refractivity contribution is 7.13. The Labute approximate surface area is 135 Å². The second kappa shape index (κ2) is 6.48. The number of nitrogens with one attached hydrogen (secondary N) is 1. The number of carbonyl (C=O) groups is 1. The fourth-order valence-corrected chi connectivity index (χ4v) is 2.60. The zero-order chi connectivity index (χ0) is 16.3. The molecule has 22 heavy (non-hydrogen) atoms. The number of thiazole rings is 1. The summed E-state index contributed by atoms with van der Waals surface area (Å²) in [6, 6.07) is 7.87. The van der Waals surface area contributed by atoms with Crippen molar-refractivity contribution in [2.24, 2.45) is 0 Å². The molecule has 0 aliphatic carbocycles. The number of hydrogen-bond donors (Lipinski definition) is 1. The van der Waals surface area contributed by atoms with Crippen molar-refractivity contribution in [2.45, 2.75) is 46.1 Å². The highest BCUT2D eigenvalue weighted by atomic mass is 32.1. The van der Waals surface area contributed by atoms with E-state index in [4.69, 9.17) is 4.74 Å². The Morgan fingerprint density at radius 2 is 1.91 bits per heavy atom. The molecule has 0 bridgehead atoms. The summed E-state index contributed by atoms with van der Waals surface area (Å²) in [5.74, 6) is 0.486. The maximum absolute atomic E-state index is 12.1. The minimum absolute atomic E-state index is 0.101.